The molecule has 1 aromatic rings. The second-order valence-corrected chi connectivity index (χ2v) is 8.33. The average molecular weight is 365 g/mol. The lowest BCUT2D eigenvalue weighted by Crippen LogP contribution is -2.44. The van der Waals surface area contributed by atoms with Crippen LogP contribution in [0.3, 0.4) is 0 Å². The Balaban J connectivity index is 1.80. The predicted molar refractivity (Wildman–Crippen MR) is 86.8 cm³/mol. The van der Waals surface area contributed by atoms with E-state index in [1.165, 1.54) is 6.07 Å². The number of sulfone groups is 1. The van der Waals surface area contributed by atoms with Crippen LogP contribution in [0.5, 0.6) is 0 Å². The lowest BCUT2D eigenvalue weighted by Gasteiger charge is -2.33. The number of rotatable bonds is 6. The lowest BCUT2D eigenvalue weighted by atomic mass is 10.1. The molecule has 136 valence electrons. The molecule has 1 fully saturated rings. The highest BCUT2D eigenvalue weighted by Gasteiger charge is 2.31. The van der Waals surface area contributed by atoms with E-state index in [9.17, 15) is 21.6 Å². The molecule has 0 radical (unpaired) electrons. The predicted octanol–water partition coefficient (Wildman–Crippen LogP) is 2.09. The van der Waals surface area contributed by atoms with Crippen LogP contribution in [0.15, 0.2) is 18.3 Å². The van der Waals surface area contributed by atoms with Gasteiger partial charge in [0.25, 0.3) is 0 Å². The third-order valence-corrected chi connectivity index (χ3v) is 5.89. The van der Waals surface area contributed by atoms with E-state index < -0.39 is 21.6 Å². The summed E-state index contributed by atoms with van der Waals surface area (Å²) in [6, 6.07) is 2.66. The van der Waals surface area contributed by atoms with Crippen molar-refractivity contribution in [3.05, 3.63) is 23.9 Å². The van der Waals surface area contributed by atoms with Gasteiger partial charge in [0.2, 0.25) is 0 Å². The highest BCUT2D eigenvalue weighted by Crippen LogP contribution is 2.29. The quantitative estimate of drug-likeness (QED) is 0.836. The maximum Gasteiger partial charge on any atom is 0.417 e. The minimum Gasteiger partial charge on any atom is -0.357 e. The molecule has 0 unspecified atom stereocenters. The molecule has 0 spiro atoms. The molecule has 1 N–H and O–H groups in total. The van der Waals surface area contributed by atoms with E-state index in [1.54, 1.807) is 6.92 Å². The molecule has 0 bridgehead atoms. The first-order valence-electron chi connectivity index (χ1n) is 7.93. The number of pyridine rings is 1. The van der Waals surface area contributed by atoms with Gasteiger partial charge in [0.05, 0.1) is 11.3 Å². The van der Waals surface area contributed by atoms with Crippen LogP contribution in [0.4, 0.5) is 19.0 Å². The summed E-state index contributed by atoms with van der Waals surface area (Å²) in [5.74, 6) is 0.812. The zero-order valence-corrected chi connectivity index (χ0v) is 14.3. The fraction of sp³-hybridized carbons (Fsp3) is 0.667. The van der Waals surface area contributed by atoms with Gasteiger partial charge < -0.3 is 10.2 Å². The van der Waals surface area contributed by atoms with E-state index in [2.05, 4.69) is 10.3 Å². The van der Waals surface area contributed by atoms with Gasteiger partial charge in [-0.25, -0.2) is 13.4 Å². The summed E-state index contributed by atoms with van der Waals surface area (Å²) < 4.78 is 60.5. The second kappa shape index (κ2) is 7.69. The largest absolute Gasteiger partial charge is 0.417 e. The van der Waals surface area contributed by atoms with Crippen LogP contribution in [0.1, 0.15) is 25.3 Å². The fourth-order valence-electron chi connectivity index (χ4n) is 2.62. The van der Waals surface area contributed by atoms with Crippen molar-refractivity contribution in [2.45, 2.75) is 32.0 Å². The van der Waals surface area contributed by atoms with Gasteiger partial charge >= 0.3 is 6.18 Å². The van der Waals surface area contributed by atoms with E-state index in [-0.39, 0.29) is 17.5 Å². The number of aromatic nitrogens is 1. The molecule has 1 saturated heterocycles. The average Bonchev–Trinajstić information content (AvgIpc) is 2.55. The van der Waals surface area contributed by atoms with Crippen molar-refractivity contribution in [2.75, 3.05) is 36.0 Å². The molecular formula is C15H22F3N3O2S. The minimum atomic E-state index is -4.37. The third-order valence-electron chi connectivity index (χ3n) is 4.18. The smallest absolute Gasteiger partial charge is 0.357 e. The van der Waals surface area contributed by atoms with Crippen molar-refractivity contribution in [3.63, 3.8) is 0 Å². The summed E-state index contributed by atoms with van der Waals surface area (Å²) in [7, 11) is -2.97. The van der Waals surface area contributed by atoms with E-state index in [1.807, 2.05) is 4.90 Å². The number of halogens is 3. The van der Waals surface area contributed by atoms with E-state index in [4.69, 9.17) is 0 Å². The van der Waals surface area contributed by atoms with Gasteiger partial charge in [0.1, 0.15) is 5.82 Å². The Morgan fingerprint density at radius 1 is 1.29 bits per heavy atom. The number of hydrogen-bond acceptors (Lipinski definition) is 5. The molecule has 9 heteroatoms. The van der Waals surface area contributed by atoms with Crippen LogP contribution in [0.25, 0.3) is 0 Å². The second-order valence-electron chi connectivity index (χ2n) is 5.85. The van der Waals surface area contributed by atoms with Gasteiger partial charge in [0, 0.05) is 37.6 Å². The van der Waals surface area contributed by atoms with Crippen LogP contribution >= 0.6 is 0 Å². The molecule has 0 saturated carbocycles. The number of anilines is 1. The number of nitrogens with one attached hydrogen (secondary N) is 1. The molecule has 2 heterocycles. The maximum absolute atomic E-state index is 12.5. The highest BCUT2D eigenvalue weighted by molar-refractivity contribution is 7.91. The summed E-state index contributed by atoms with van der Waals surface area (Å²) in [4.78, 5) is 5.85. The molecule has 5 nitrogen and oxygen atoms in total. The van der Waals surface area contributed by atoms with Crippen LogP contribution in [-0.4, -0.2) is 50.6 Å². The molecular weight excluding hydrogens is 343 g/mol. The van der Waals surface area contributed by atoms with Gasteiger partial charge in [-0.05, 0) is 25.0 Å². The summed E-state index contributed by atoms with van der Waals surface area (Å²) in [5, 5.41) is 3.24. The van der Waals surface area contributed by atoms with Crippen molar-refractivity contribution in [3.8, 4) is 0 Å². The third kappa shape index (κ3) is 5.34. The van der Waals surface area contributed by atoms with Crippen LogP contribution in [-0.2, 0) is 16.0 Å². The topological polar surface area (TPSA) is 62.3 Å². The first-order chi connectivity index (χ1) is 11.2. The molecule has 1 aliphatic heterocycles. The van der Waals surface area contributed by atoms with Gasteiger partial charge in [-0.1, -0.05) is 6.92 Å². The maximum atomic E-state index is 12.5. The molecule has 0 atom stereocenters. The number of piperidine rings is 1. The van der Waals surface area contributed by atoms with Crippen molar-refractivity contribution >= 4 is 15.7 Å². The van der Waals surface area contributed by atoms with Gasteiger partial charge in [-0.15, -0.1) is 0 Å². The fourth-order valence-corrected chi connectivity index (χ4v) is 3.33. The van der Waals surface area contributed by atoms with Gasteiger partial charge in [0.15, 0.2) is 9.84 Å². The normalized spacial score (nSPS) is 17.2. The number of hydrogen-bond donors (Lipinski definition) is 1. The highest BCUT2D eigenvalue weighted by atomic mass is 32.2. The van der Waals surface area contributed by atoms with E-state index >= 15 is 0 Å². The molecule has 2 rings (SSSR count). The SMILES string of the molecule is CCS(=O)(=O)CCNC1CCN(c2ccc(C(F)(F)F)cn2)CC1. The Kier molecular flexibility index (Phi) is 6.08. The van der Waals surface area contributed by atoms with Crippen LogP contribution in [0, 0.1) is 0 Å². The molecule has 0 aromatic carbocycles. The summed E-state index contributed by atoms with van der Waals surface area (Å²) in [5.41, 5.74) is -0.750. The van der Waals surface area contributed by atoms with Crippen LogP contribution in [0.2, 0.25) is 0 Å². The Morgan fingerprint density at radius 3 is 2.46 bits per heavy atom. The van der Waals surface area contributed by atoms with Crippen molar-refractivity contribution < 1.29 is 21.6 Å². The van der Waals surface area contributed by atoms with Gasteiger partial charge in [-0.3, -0.25) is 0 Å². The van der Waals surface area contributed by atoms with Crippen molar-refractivity contribution in [1.82, 2.24) is 10.3 Å². The number of alkyl halides is 3. The first kappa shape index (κ1) is 19.0. The Labute approximate surface area is 140 Å². The van der Waals surface area contributed by atoms with Crippen molar-refractivity contribution in [1.29, 1.82) is 0 Å². The summed E-state index contributed by atoms with van der Waals surface area (Å²) >= 11 is 0. The standard InChI is InChI=1S/C15H22F3N3O2S/c1-2-24(22,23)10-7-19-13-5-8-21(9-6-13)14-4-3-12(11-20-14)15(16,17)18/h3-4,11,13,19H,2,5-10H2,1H3. The van der Waals surface area contributed by atoms with E-state index in [0.717, 1.165) is 25.1 Å². The van der Waals surface area contributed by atoms with E-state index in [0.29, 0.717) is 25.5 Å². The molecule has 1 aliphatic rings. The zero-order valence-electron chi connectivity index (χ0n) is 13.5. The number of nitrogens with zero attached hydrogens (tertiary/aromatic N) is 2. The zero-order chi connectivity index (χ0) is 17.8. The summed E-state index contributed by atoms with van der Waals surface area (Å²) in [6.45, 7) is 3.41. The summed E-state index contributed by atoms with van der Waals surface area (Å²) in [6.07, 6.45) is -1.92. The van der Waals surface area contributed by atoms with Gasteiger partial charge in [-0.2, -0.15) is 13.2 Å². The Hall–Kier alpha value is -1.35. The first-order valence-corrected chi connectivity index (χ1v) is 9.75. The Morgan fingerprint density at radius 2 is 1.96 bits per heavy atom. The van der Waals surface area contributed by atoms with Crippen molar-refractivity contribution in [2.24, 2.45) is 0 Å². The Bertz CT molecular complexity index is 624. The molecule has 0 aliphatic carbocycles. The van der Waals surface area contributed by atoms with Crippen LogP contribution < -0.4 is 10.2 Å². The lowest BCUT2D eigenvalue weighted by molar-refractivity contribution is -0.137. The minimum absolute atomic E-state index is 0.129. The monoisotopic (exact) mass is 365 g/mol. The molecule has 1 aromatic heterocycles. The molecule has 24 heavy (non-hydrogen) atoms. The molecule has 0 amide bonds.